The zero-order valence-corrected chi connectivity index (χ0v) is 23.0. The van der Waals surface area contributed by atoms with E-state index in [1.165, 1.54) is 12.3 Å². The number of aryl methyl sites for hydroxylation is 1. The lowest BCUT2D eigenvalue weighted by molar-refractivity contribution is -0.151. The van der Waals surface area contributed by atoms with Gasteiger partial charge in [-0.2, -0.15) is 0 Å². The summed E-state index contributed by atoms with van der Waals surface area (Å²) in [6.07, 6.45) is 3.82. The highest BCUT2D eigenvalue weighted by atomic mass is 19.1. The van der Waals surface area contributed by atoms with Gasteiger partial charge in [0.1, 0.15) is 23.5 Å². The predicted molar refractivity (Wildman–Crippen MR) is 151 cm³/mol. The average Bonchev–Trinajstić information content (AvgIpc) is 2.92. The Morgan fingerprint density at radius 1 is 1.12 bits per heavy atom. The van der Waals surface area contributed by atoms with Gasteiger partial charge in [-0.15, -0.1) is 0 Å². The topological polar surface area (TPSA) is 152 Å². The number of rotatable bonds is 6. The number of piperidine rings is 1. The van der Waals surface area contributed by atoms with Crippen LogP contribution in [0.15, 0.2) is 47.4 Å². The Morgan fingerprint density at radius 3 is 2.37 bits per heavy atom. The van der Waals surface area contributed by atoms with E-state index in [0.29, 0.717) is 56.4 Å². The quantitative estimate of drug-likeness (QED) is 0.380. The zero-order chi connectivity index (χ0) is 29.8. The minimum absolute atomic E-state index is 0.0164. The van der Waals surface area contributed by atoms with Crippen LogP contribution in [-0.4, -0.2) is 57.9 Å². The van der Waals surface area contributed by atoms with Crippen LogP contribution in [0.4, 0.5) is 10.1 Å². The van der Waals surface area contributed by atoms with Gasteiger partial charge in [0.15, 0.2) is 0 Å². The maximum atomic E-state index is 15.5. The van der Waals surface area contributed by atoms with Gasteiger partial charge in [0, 0.05) is 56.0 Å². The van der Waals surface area contributed by atoms with E-state index < -0.39 is 35.2 Å². The predicted octanol–water partition coefficient (Wildman–Crippen LogP) is 3.52. The van der Waals surface area contributed by atoms with Crippen LogP contribution in [-0.2, 0) is 27.2 Å². The molecule has 2 atom stereocenters. The highest BCUT2D eigenvalue weighted by Gasteiger charge is 2.31. The summed E-state index contributed by atoms with van der Waals surface area (Å²) in [4.78, 5) is 48.0. The Labute approximate surface area is 236 Å². The number of carboxylic acids is 2. The molecule has 10 nitrogen and oxygen atoms in total. The summed E-state index contributed by atoms with van der Waals surface area (Å²) < 4.78 is 23.0. The molecule has 4 N–H and O–H groups in total. The van der Waals surface area contributed by atoms with E-state index in [0.717, 1.165) is 18.1 Å². The fourth-order valence-corrected chi connectivity index (χ4v) is 5.53. The molecule has 0 bridgehead atoms. The number of aliphatic carboxylic acids is 1. The molecule has 0 unspecified atom stereocenters. The molecular weight excluding hydrogens is 533 g/mol. The molecule has 3 aromatic rings. The highest BCUT2D eigenvalue weighted by molar-refractivity contribution is 5.95. The number of halogens is 1. The monoisotopic (exact) mass is 567 g/mol. The van der Waals surface area contributed by atoms with Crippen molar-refractivity contribution in [2.24, 2.45) is 5.73 Å². The van der Waals surface area contributed by atoms with E-state index in [2.05, 4.69) is 0 Å². The number of carbonyl (C=O) groups excluding carboxylic acids is 1. The highest BCUT2D eigenvalue weighted by Crippen LogP contribution is 2.39. The van der Waals surface area contributed by atoms with E-state index in [-0.39, 0.29) is 23.1 Å². The van der Waals surface area contributed by atoms with Gasteiger partial charge in [0.05, 0.1) is 11.2 Å². The summed E-state index contributed by atoms with van der Waals surface area (Å²) in [5.41, 5.74) is 7.78. The number of nitrogens with zero attached hydrogens (tertiary/aromatic N) is 2. The van der Waals surface area contributed by atoms with Crippen LogP contribution in [0.3, 0.4) is 0 Å². The van der Waals surface area contributed by atoms with Gasteiger partial charge < -0.3 is 30.2 Å². The molecule has 2 aliphatic rings. The van der Waals surface area contributed by atoms with Gasteiger partial charge in [-0.3, -0.25) is 14.4 Å². The number of carbonyl (C=O) groups is 3. The number of hydrogen-bond donors (Lipinski definition) is 3. The Morgan fingerprint density at radius 2 is 1.76 bits per heavy atom. The van der Waals surface area contributed by atoms with Crippen LogP contribution in [0.1, 0.15) is 60.6 Å². The van der Waals surface area contributed by atoms with Crippen molar-refractivity contribution >= 4 is 34.5 Å². The summed E-state index contributed by atoms with van der Waals surface area (Å²) in [6.45, 7) is 4.01. The molecule has 0 aliphatic carbocycles. The molecule has 0 amide bonds. The molecule has 0 spiro atoms. The minimum atomic E-state index is -1.32. The molecule has 1 saturated heterocycles. The molecule has 0 radical (unpaired) electrons. The Bertz CT molecular complexity index is 1510. The molecule has 1 fully saturated rings. The number of pyridine rings is 1. The van der Waals surface area contributed by atoms with Crippen molar-refractivity contribution < 1.29 is 33.7 Å². The number of anilines is 1. The zero-order valence-electron chi connectivity index (χ0n) is 23.0. The first-order chi connectivity index (χ1) is 19.5. The molecule has 2 aliphatic heterocycles. The third-order valence-electron chi connectivity index (χ3n) is 7.50. The van der Waals surface area contributed by atoms with Crippen LogP contribution < -0.4 is 16.1 Å². The van der Waals surface area contributed by atoms with Crippen molar-refractivity contribution in [2.45, 2.75) is 64.1 Å². The summed E-state index contributed by atoms with van der Waals surface area (Å²) in [5, 5.41) is 17.0. The van der Waals surface area contributed by atoms with E-state index in [1.807, 2.05) is 42.2 Å². The molecule has 0 saturated carbocycles. The average molecular weight is 568 g/mol. The van der Waals surface area contributed by atoms with Gasteiger partial charge in [0.2, 0.25) is 5.43 Å². The lowest BCUT2D eigenvalue weighted by atomic mass is 9.93. The summed E-state index contributed by atoms with van der Waals surface area (Å²) in [5.74, 6) is -3.13. The smallest absolute Gasteiger partial charge is 0.341 e. The lowest BCUT2D eigenvalue weighted by Crippen LogP contribution is -2.42. The molecule has 41 heavy (non-hydrogen) atoms. The Balaban J connectivity index is 0.000000909. The maximum Gasteiger partial charge on any atom is 0.341 e. The van der Waals surface area contributed by atoms with Gasteiger partial charge in [-0.05, 0) is 37.8 Å². The van der Waals surface area contributed by atoms with Crippen molar-refractivity contribution in [1.82, 2.24) is 4.57 Å². The fraction of sp³-hybridized carbons (Fsp3) is 0.400. The number of ether oxygens (including phenoxy) is 1. The fourth-order valence-electron chi connectivity index (χ4n) is 5.53. The molecule has 5 rings (SSSR count). The third-order valence-corrected chi connectivity index (χ3v) is 7.50. The van der Waals surface area contributed by atoms with E-state index >= 15 is 4.39 Å². The number of esters is 1. The van der Waals surface area contributed by atoms with Gasteiger partial charge in [-0.25, -0.2) is 9.18 Å². The Kier molecular flexibility index (Phi) is 9.07. The number of nitrogens with two attached hydrogens (primary N) is 1. The van der Waals surface area contributed by atoms with Crippen LogP contribution in [0.5, 0.6) is 0 Å². The number of aromatic nitrogens is 1. The second-order valence-electron chi connectivity index (χ2n) is 10.5. The van der Waals surface area contributed by atoms with Crippen molar-refractivity contribution in [3.8, 4) is 0 Å². The maximum absolute atomic E-state index is 15.5. The van der Waals surface area contributed by atoms with Crippen LogP contribution in [0.25, 0.3) is 10.9 Å². The van der Waals surface area contributed by atoms with E-state index in [9.17, 15) is 19.5 Å². The molecular formula is C30H34FN3O7. The van der Waals surface area contributed by atoms with Gasteiger partial charge in [-0.1, -0.05) is 30.3 Å². The van der Waals surface area contributed by atoms with Crippen LogP contribution in [0, 0.1) is 5.82 Å². The Hall–Kier alpha value is -4.25. The molecule has 218 valence electrons. The summed E-state index contributed by atoms with van der Waals surface area (Å²) >= 11 is 0. The molecule has 1 aromatic heterocycles. The number of aromatic carboxylic acids is 1. The van der Waals surface area contributed by atoms with E-state index in [4.69, 9.17) is 20.4 Å². The van der Waals surface area contributed by atoms with Crippen molar-refractivity contribution in [3.63, 3.8) is 0 Å². The van der Waals surface area contributed by atoms with Crippen LogP contribution in [0.2, 0.25) is 0 Å². The minimum Gasteiger partial charge on any atom is -0.481 e. The van der Waals surface area contributed by atoms with Crippen molar-refractivity contribution in [1.29, 1.82) is 0 Å². The largest absolute Gasteiger partial charge is 0.481 e. The van der Waals surface area contributed by atoms with Crippen molar-refractivity contribution in [2.75, 3.05) is 18.0 Å². The first kappa shape index (κ1) is 29.7. The first-order valence-electron chi connectivity index (χ1n) is 13.6. The number of carboxylic acid groups (broad SMARTS) is 2. The molecule has 11 heteroatoms. The second-order valence-corrected chi connectivity index (χ2v) is 10.5. The van der Waals surface area contributed by atoms with Gasteiger partial charge >= 0.3 is 11.9 Å². The SMILES string of the molecule is CC(=O)O.C[C@H]1CCc2c(N3CCC(OC(=O)[C@H](N)Cc4ccccc4)CC3)c(F)cc3c(=O)c(C(=O)O)cn1c23. The lowest BCUT2D eigenvalue weighted by Gasteiger charge is -2.37. The van der Waals surface area contributed by atoms with Crippen molar-refractivity contribution in [3.05, 3.63) is 75.3 Å². The standard InChI is InChI=1S/C28H30FN3O5.C2H4O2/c1-16-7-8-19-24-20(26(33)21(27(34)35)15-32(16)24)14-22(29)25(19)31-11-9-18(10-12-31)37-28(36)23(30)13-17-5-3-2-4-6-17;1-2(3)4/h2-6,14-16,18,23H,7-13,30H2,1H3,(H,34,35);1H3,(H,3,4)/t16-,23+;/m0./s1. The van der Waals surface area contributed by atoms with Gasteiger partial charge in [0.25, 0.3) is 5.97 Å². The first-order valence-corrected chi connectivity index (χ1v) is 13.6. The normalized spacial score (nSPS) is 17.4. The third kappa shape index (κ3) is 6.57. The molecule has 3 heterocycles. The summed E-state index contributed by atoms with van der Waals surface area (Å²) in [6, 6.07) is 9.93. The molecule has 2 aromatic carbocycles. The second kappa shape index (κ2) is 12.5. The van der Waals surface area contributed by atoms with Crippen LogP contribution >= 0.6 is 0 Å². The number of benzene rings is 2. The van der Waals surface area contributed by atoms with E-state index in [1.54, 1.807) is 4.57 Å². The number of hydrogen-bond acceptors (Lipinski definition) is 7. The summed E-state index contributed by atoms with van der Waals surface area (Å²) in [7, 11) is 0.